The predicted octanol–water partition coefficient (Wildman–Crippen LogP) is -2.02. The summed E-state index contributed by atoms with van der Waals surface area (Å²) in [6, 6.07) is -0.847. The van der Waals surface area contributed by atoms with Crippen molar-refractivity contribution in [2.24, 2.45) is 11.5 Å². The molecule has 0 bridgehead atoms. The molecule has 1 aliphatic rings. The summed E-state index contributed by atoms with van der Waals surface area (Å²) in [4.78, 5) is 45.4. The number of rotatable bonds is 6. The van der Waals surface area contributed by atoms with E-state index in [2.05, 4.69) is 5.32 Å². The zero-order chi connectivity index (χ0) is 14.6. The van der Waals surface area contributed by atoms with Gasteiger partial charge in [-0.2, -0.15) is 0 Å². The fourth-order valence-electron chi connectivity index (χ4n) is 1.78. The number of primary amides is 2. The van der Waals surface area contributed by atoms with Crippen LogP contribution in [0.3, 0.4) is 0 Å². The lowest BCUT2D eigenvalue weighted by atomic mass is 9.77. The standard InChI is InChI=1S/C10H16N4O5/c11-6(15)4-14(5-7(12)16)9(19)13-10(8(17)18)2-1-3-10/h1-5H2,(H2,11,15)(H2,12,16)(H,13,19)(H,17,18). The second kappa shape index (κ2) is 5.55. The Balaban J connectivity index is 2.73. The van der Waals surface area contributed by atoms with Gasteiger partial charge < -0.3 is 26.8 Å². The molecule has 0 radical (unpaired) electrons. The van der Waals surface area contributed by atoms with Crippen LogP contribution in [-0.2, 0) is 14.4 Å². The molecule has 0 aromatic rings. The van der Waals surface area contributed by atoms with E-state index in [0.717, 1.165) is 4.90 Å². The number of carbonyl (C=O) groups is 4. The maximum absolute atomic E-state index is 11.9. The number of urea groups is 1. The lowest BCUT2D eigenvalue weighted by Gasteiger charge is -2.39. The molecular weight excluding hydrogens is 256 g/mol. The lowest BCUT2D eigenvalue weighted by Crippen LogP contribution is -2.62. The van der Waals surface area contributed by atoms with Crippen molar-refractivity contribution in [2.75, 3.05) is 13.1 Å². The molecule has 9 nitrogen and oxygen atoms in total. The average Bonchev–Trinajstić information content (AvgIpc) is 2.20. The van der Waals surface area contributed by atoms with Crippen LogP contribution >= 0.6 is 0 Å². The van der Waals surface area contributed by atoms with Gasteiger partial charge in [0.15, 0.2) is 0 Å². The summed E-state index contributed by atoms with van der Waals surface area (Å²) in [5.74, 6) is -2.80. The molecule has 6 N–H and O–H groups in total. The molecule has 19 heavy (non-hydrogen) atoms. The first-order valence-electron chi connectivity index (χ1n) is 5.64. The van der Waals surface area contributed by atoms with E-state index in [0.29, 0.717) is 19.3 Å². The van der Waals surface area contributed by atoms with Crippen LogP contribution < -0.4 is 16.8 Å². The smallest absolute Gasteiger partial charge is 0.329 e. The van der Waals surface area contributed by atoms with E-state index in [1.54, 1.807) is 0 Å². The third kappa shape index (κ3) is 3.57. The first-order valence-corrected chi connectivity index (χ1v) is 5.64. The summed E-state index contributed by atoms with van der Waals surface area (Å²) in [5.41, 5.74) is 8.57. The molecule has 0 heterocycles. The number of carboxylic acid groups (broad SMARTS) is 1. The van der Waals surface area contributed by atoms with Crippen LogP contribution in [0.4, 0.5) is 4.79 Å². The number of nitrogens with one attached hydrogen (secondary N) is 1. The van der Waals surface area contributed by atoms with Crippen molar-refractivity contribution in [2.45, 2.75) is 24.8 Å². The molecule has 0 atom stereocenters. The van der Waals surface area contributed by atoms with E-state index in [1.165, 1.54) is 0 Å². The van der Waals surface area contributed by atoms with Gasteiger partial charge in [-0.1, -0.05) is 0 Å². The molecule has 0 aromatic carbocycles. The highest BCUT2D eigenvalue weighted by molar-refractivity contribution is 5.91. The van der Waals surface area contributed by atoms with Gasteiger partial charge in [-0.25, -0.2) is 9.59 Å². The molecule has 0 spiro atoms. The van der Waals surface area contributed by atoms with Crippen molar-refractivity contribution in [1.82, 2.24) is 10.2 Å². The van der Waals surface area contributed by atoms with Gasteiger partial charge in [0.05, 0.1) is 0 Å². The Kier molecular flexibility index (Phi) is 4.30. The van der Waals surface area contributed by atoms with Gasteiger partial charge in [-0.15, -0.1) is 0 Å². The fourth-order valence-corrected chi connectivity index (χ4v) is 1.78. The Morgan fingerprint density at radius 3 is 1.84 bits per heavy atom. The van der Waals surface area contributed by atoms with Gasteiger partial charge >= 0.3 is 12.0 Å². The van der Waals surface area contributed by atoms with E-state index in [4.69, 9.17) is 16.6 Å². The quantitative estimate of drug-likeness (QED) is 0.439. The van der Waals surface area contributed by atoms with Crippen LogP contribution in [0, 0.1) is 0 Å². The number of hydrogen-bond donors (Lipinski definition) is 4. The molecule has 0 unspecified atom stereocenters. The molecule has 4 amide bonds. The van der Waals surface area contributed by atoms with Crippen molar-refractivity contribution in [1.29, 1.82) is 0 Å². The molecule has 9 heteroatoms. The lowest BCUT2D eigenvalue weighted by molar-refractivity contribution is -0.148. The molecule has 1 aliphatic carbocycles. The number of nitrogens with two attached hydrogens (primary N) is 2. The van der Waals surface area contributed by atoms with Gasteiger partial charge in [-0.05, 0) is 19.3 Å². The Hall–Kier alpha value is -2.32. The minimum atomic E-state index is -1.33. The highest BCUT2D eigenvalue weighted by Crippen LogP contribution is 2.32. The summed E-state index contributed by atoms with van der Waals surface area (Å²) >= 11 is 0. The number of carbonyl (C=O) groups excluding carboxylic acids is 3. The Morgan fingerprint density at radius 2 is 1.58 bits per heavy atom. The number of hydrogen-bond acceptors (Lipinski definition) is 4. The highest BCUT2D eigenvalue weighted by Gasteiger charge is 2.46. The van der Waals surface area contributed by atoms with Gasteiger partial charge in [-0.3, -0.25) is 9.59 Å². The number of aliphatic carboxylic acids is 1. The first-order chi connectivity index (χ1) is 8.77. The van der Waals surface area contributed by atoms with Gasteiger partial charge in [0, 0.05) is 0 Å². The molecule has 0 aliphatic heterocycles. The van der Waals surface area contributed by atoms with E-state index in [9.17, 15) is 19.2 Å². The van der Waals surface area contributed by atoms with Crippen molar-refractivity contribution in [3.8, 4) is 0 Å². The number of amides is 4. The van der Waals surface area contributed by atoms with Crippen LogP contribution in [0.1, 0.15) is 19.3 Å². The van der Waals surface area contributed by atoms with Gasteiger partial charge in [0.25, 0.3) is 0 Å². The van der Waals surface area contributed by atoms with Crippen LogP contribution in [0.15, 0.2) is 0 Å². The largest absolute Gasteiger partial charge is 0.480 e. The molecule has 0 aromatic heterocycles. The Bertz CT molecular complexity index is 402. The molecule has 1 rings (SSSR count). The SMILES string of the molecule is NC(=O)CN(CC(N)=O)C(=O)NC1(C(=O)O)CCC1. The fraction of sp³-hybridized carbons (Fsp3) is 0.600. The highest BCUT2D eigenvalue weighted by atomic mass is 16.4. The van der Waals surface area contributed by atoms with Crippen molar-refractivity contribution in [3.05, 3.63) is 0 Å². The summed E-state index contributed by atoms with van der Waals surface area (Å²) in [7, 11) is 0. The van der Waals surface area contributed by atoms with E-state index < -0.39 is 42.4 Å². The summed E-state index contributed by atoms with van der Waals surface area (Å²) in [6.07, 6.45) is 1.28. The summed E-state index contributed by atoms with van der Waals surface area (Å²) in [5, 5.41) is 11.4. The maximum atomic E-state index is 11.9. The topological polar surface area (TPSA) is 156 Å². The Labute approximate surface area is 108 Å². The zero-order valence-electron chi connectivity index (χ0n) is 10.2. The van der Waals surface area contributed by atoms with Crippen LogP contribution in [0.5, 0.6) is 0 Å². The minimum absolute atomic E-state index is 0.301. The van der Waals surface area contributed by atoms with Gasteiger partial charge in [0.1, 0.15) is 18.6 Å². The van der Waals surface area contributed by atoms with E-state index in [1.807, 2.05) is 0 Å². The minimum Gasteiger partial charge on any atom is -0.480 e. The second-order valence-corrected chi connectivity index (χ2v) is 4.46. The molecule has 106 valence electrons. The number of carboxylic acids is 1. The zero-order valence-corrected chi connectivity index (χ0v) is 10.2. The van der Waals surface area contributed by atoms with Crippen molar-refractivity contribution in [3.63, 3.8) is 0 Å². The summed E-state index contributed by atoms with van der Waals surface area (Å²) < 4.78 is 0. The predicted molar refractivity (Wildman–Crippen MR) is 62.7 cm³/mol. The van der Waals surface area contributed by atoms with Crippen LogP contribution in [-0.4, -0.2) is 52.4 Å². The second-order valence-electron chi connectivity index (χ2n) is 4.46. The van der Waals surface area contributed by atoms with Gasteiger partial charge in [0.2, 0.25) is 11.8 Å². The normalized spacial score (nSPS) is 16.0. The first kappa shape index (κ1) is 14.7. The molecule has 0 saturated heterocycles. The third-order valence-electron chi connectivity index (χ3n) is 2.94. The van der Waals surface area contributed by atoms with Crippen molar-refractivity contribution >= 4 is 23.8 Å². The van der Waals surface area contributed by atoms with E-state index >= 15 is 0 Å². The van der Waals surface area contributed by atoms with Crippen molar-refractivity contribution < 1.29 is 24.3 Å². The van der Waals surface area contributed by atoms with Crippen LogP contribution in [0.25, 0.3) is 0 Å². The average molecular weight is 272 g/mol. The third-order valence-corrected chi connectivity index (χ3v) is 2.94. The number of nitrogens with zero attached hydrogens (tertiary/aromatic N) is 1. The Morgan fingerprint density at radius 1 is 1.11 bits per heavy atom. The molecular formula is C10H16N4O5. The molecule has 1 fully saturated rings. The van der Waals surface area contributed by atoms with Crippen LogP contribution in [0.2, 0.25) is 0 Å². The summed E-state index contributed by atoms with van der Waals surface area (Å²) in [6.45, 7) is -1.02. The van der Waals surface area contributed by atoms with E-state index in [-0.39, 0.29) is 0 Å². The maximum Gasteiger partial charge on any atom is 0.329 e. The molecule has 1 saturated carbocycles. The monoisotopic (exact) mass is 272 g/mol.